The second kappa shape index (κ2) is 7.54. The van der Waals surface area contributed by atoms with Gasteiger partial charge in [0.05, 0.1) is 11.4 Å². The zero-order chi connectivity index (χ0) is 17.9. The van der Waals surface area contributed by atoms with Crippen LogP contribution in [0.3, 0.4) is 0 Å². The van der Waals surface area contributed by atoms with Gasteiger partial charge < -0.3 is 4.74 Å². The maximum atomic E-state index is 12.8. The van der Waals surface area contributed by atoms with Crippen LogP contribution in [0.4, 0.5) is 0 Å². The summed E-state index contributed by atoms with van der Waals surface area (Å²) in [6, 6.07) is 12.8. The molecule has 5 nitrogen and oxygen atoms in total. The number of nitrogens with zero attached hydrogens (tertiary/aromatic N) is 2. The lowest BCUT2D eigenvalue weighted by molar-refractivity contribution is 0.206. The first-order valence-electron chi connectivity index (χ1n) is 8.68. The molecular weight excluding hydrogens is 336 g/mol. The van der Waals surface area contributed by atoms with Gasteiger partial charge in [0.25, 0.3) is 0 Å². The largest absolute Gasteiger partial charge is 0.473 e. The van der Waals surface area contributed by atoms with Crippen LogP contribution in [0.2, 0.25) is 0 Å². The lowest BCUT2D eigenvalue weighted by Gasteiger charge is -2.17. The van der Waals surface area contributed by atoms with E-state index in [1.54, 1.807) is 18.2 Å². The fraction of sp³-hybridized carbons (Fsp3) is 0.421. The standard InChI is InChI=1S/C19H24N2O3S/c1-3-5-16-8-10-18(11-9-16)25(22,23)21-13-12-17(14-21)24-19-7-4-6-15(2)20-19/h4,6-11,17H,3,5,12-14H2,1-2H3. The molecule has 0 spiro atoms. The van der Waals surface area contributed by atoms with E-state index < -0.39 is 10.0 Å². The molecule has 0 saturated carbocycles. The van der Waals surface area contributed by atoms with E-state index in [2.05, 4.69) is 11.9 Å². The molecule has 0 radical (unpaired) electrons. The molecular formula is C19H24N2O3S. The first-order valence-corrected chi connectivity index (χ1v) is 10.1. The van der Waals surface area contributed by atoms with Gasteiger partial charge in [-0.2, -0.15) is 4.31 Å². The highest BCUT2D eigenvalue weighted by Gasteiger charge is 2.33. The summed E-state index contributed by atoms with van der Waals surface area (Å²) in [6.07, 6.45) is 2.51. The van der Waals surface area contributed by atoms with Gasteiger partial charge in [-0.1, -0.05) is 31.5 Å². The van der Waals surface area contributed by atoms with Crippen molar-refractivity contribution in [2.24, 2.45) is 0 Å². The van der Waals surface area contributed by atoms with Gasteiger partial charge in [0.15, 0.2) is 0 Å². The Hall–Kier alpha value is -1.92. The first kappa shape index (κ1) is 17.9. The molecule has 134 valence electrons. The van der Waals surface area contributed by atoms with Crippen LogP contribution in [0.5, 0.6) is 5.88 Å². The van der Waals surface area contributed by atoms with Crippen molar-refractivity contribution in [3.8, 4) is 5.88 Å². The number of aromatic nitrogens is 1. The number of ether oxygens (including phenoxy) is 1. The van der Waals surface area contributed by atoms with Gasteiger partial charge in [0, 0.05) is 18.3 Å². The number of aryl methyl sites for hydroxylation is 2. The van der Waals surface area contributed by atoms with Crippen LogP contribution in [0.25, 0.3) is 0 Å². The summed E-state index contributed by atoms with van der Waals surface area (Å²) in [5.41, 5.74) is 2.04. The Kier molecular flexibility index (Phi) is 5.39. The molecule has 1 unspecified atom stereocenters. The maximum Gasteiger partial charge on any atom is 0.243 e. The molecule has 6 heteroatoms. The van der Waals surface area contributed by atoms with Crippen LogP contribution in [0.15, 0.2) is 47.4 Å². The molecule has 25 heavy (non-hydrogen) atoms. The Morgan fingerprint density at radius 2 is 1.96 bits per heavy atom. The van der Waals surface area contributed by atoms with Crippen molar-refractivity contribution in [1.82, 2.24) is 9.29 Å². The molecule has 1 atom stereocenters. The fourth-order valence-corrected chi connectivity index (χ4v) is 4.52. The zero-order valence-electron chi connectivity index (χ0n) is 14.7. The van der Waals surface area contributed by atoms with E-state index >= 15 is 0 Å². The van der Waals surface area contributed by atoms with Crippen molar-refractivity contribution in [3.05, 3.63) is 53.7 Å². The van der Waals surface area contributed by atoms with Crippen molar-refractivity contribution in [1.29, 1.82) is 0 Å². The average molecular weight is 360 g/mol. The van der Waals surface area contributed by atoms with Gasteiger partial charge in [-0.05, 0) is 43.5 Å². The summed E-state index contributed by atoms with van der Waals surface area (Å²) in [5, 5.41) is 0. The average Bonchev–Trinajstić information content (AvgIpc) is 3.05. The lowest BCUT2D eigenvalue weighted by atomic mass is 10.1. The fourth-order valence-electron chi connectivity index (χ4n) is 3.03. The van der Waals surface area contributed by atoms with Crippen molar-refractivity contribution < 1.29 is 13.2 Å². The third-order valence-electron chi connectivity index (χ3n) is 4.36. The first-order chi connectivity index (χ1) is 12.0. The van der Waals surface area contributed by atoms with Crippen LogP contribution in [0, 0.1) is 6.92 Å². The topological polar surface area (TPSA) is 59.5 Å². The second-order valence-corrected chi connectivity index (χ2v) is 8.34. The highest BCUT2D eigenvalue weighted by Crippen LogP contribution is 2.24. The van der Waals surface area contributed by atoms with E-state index in [0.717, 1.165) is 24.1 Å². The lowest BCUT2D eigenvalue weighted by Crippen LogP contribution is -2.31. The number of hydrogen-bond acceptors (Lipinski definition) is 4. The Bertz CT molecular complexity index is 819. The molecule has 1 aromatic heterocycles. The summed E-state index contributed by atoms with van der Waals surface area (Å²) in [4.78, 5) is 4.67. The summed E-state index contributed by atoms with van der Waals surface area (Å²) in [6.45, 7) is 4.84. The van der Waals surface area contributed by atoms with Gasteiger partial charge in [-0.15, -0.1) is 0 Å². The molecule has 1 aromatic carbocycles. The van der Waals surface area contributed by atoms with E-state index in [1.165, 1.54) is 4.31 Å². The Morgan fingerprint density at radius 3 is 2.64 bits per heavy atom. The second-order valence-electron chi connectivity index (χ2n) is 6.40. The Labute approximate surface area is 149 Å². The zero-order valence-corrected chi connectivity index (χ0v) is 15.5. The van der Waals surface area contributed by atoms with Crippen LogP contribution in [-0.2, 0) is 16.4 Å². The molecule has 2 heterocycles. The number of benzene rings is 1. The van der Waals surface area contributed by atoms with Crippen LogP contribution in [0.1, 0.15) is 31.0 Å². The molecule has 1 saturated heterocycles. The molecule has 0 aliphatic carbocycles. The Morgan fingerprint density at radius 1 is 1.20 bits per heavy atom. The molecule has 1 aliphatic rings. The minimum absolute atomic E-state index is 0.163. The number of hydrogen-bond donors (Lipinski definition) is 0. The highest BCUT2D eigenvalue weighted by atomic mass is 32.2. The van der Waals surface area contributed by atoms with E-state index in [4.69, 9.17) is 4.74 Å². The van der Waals surface area contributed by atoms with Crippen LogP contribution >= 0.6 is 0 Å². The van der Waals surface area contributed by atoms with E-state index in [0.29, 0.717) is 30.3 Å². The van der Waals surface area contributed by atoms with Gasteiger partial charge in [-0.25, -0.2) is 13.4 Å². The summed E-state index contributed by atoms with van der Waals surface area (Å²) < 4.78 is 33.0. The Balaban J connectivity index is 1.67. The molecule has 3 rings (SSSR count). The molecule has 1 aliphatic heterocycles. The van der Waals surface area contributed by atoms with Crippen LogP contribution in [-0.4, -0.2) is 36.9 Å². The van der Waals surface area contributed by atoms with Crippen molar-refractivity contribution in [2.75, 3.05) is 13.1 Å². The van der Waals surface area contributed by atoms with Gasteiger partial charge in [-0.3, -0.25) is 0 Å². The minimum atomic E-state index is -3.47. The molecule has 1 fully saturated rings. The third-order valence-corrected chi connectivity index (χ3v) is 6.24. The minimum Gasteiger partial charge on any atom is -0.473 e. The smallest absolute Gasteiger partial charge is 0.243 e. The van der Waals surface area contributed by atoms with Crippen molar-refractivity contribution in [3.63, 3.8) is 0 Å². The van der Waals surface area contributed by atoms with Gasteiger partial charge >= 0.3 is 0 Å². The number of sulfonamides is 1. The molecule has 0 N–H and O–H groups in total. The maximum absolute atomic E-state index is 12.8. The van der Waals surface area contributed by atoms with E-state index in [1.807, 2.05) is 31.2 Å². The predicted octanol–water partition coefficient (Wildman–Crippen LogP) is 3.18. The molecule has 0 amide bonds. The number of rotatable bonds is 6. The molecule has 0 bridgehead atoms. The normalized spacial score (nSPS) is 18.4. The van der Waals surface area contributed by atoms with Gasteiger partial charge in [0.2, 0.25) is 15.9 Å². The monoisotopic (exact) mass is 360 g/mol. The number of pyridine rings is 1. The quantitative estimate of drug-likeness (QED) is 0.794. The highest BCUT2D eigenvalue weighted by molar-refractivity contribution is 7.89. The SMILES string of the molecule is CCCc1ccc(S(=O)(=O)N2CCC(Oc3cccc(C)n3)C2)cc1. The van der Waals surface area contributed by atoms with Crippen LogP contribution < -0.4 is 4.74 Å². The van der Waals surface area contributed by atoms with Crippen molar-refractivity contribution >= 4 is 10.0 Å². The summed E-state index contributed by atoms with van der Waals surface area (Å²) in [7, 11) is -3.47. The van der Waals surface area contributed by atoms with E-state index in [-0.39, 0.29) is 6.10 Å². The third kappa shape index (κ3) is 4.19. The van der Waals surface area contributed by atoms with Gasteiger partial charge in [0.1, 0.15) is 6.10 Å². The predicted molar refractivity (Wildman–Crippen MR) is 97.2 cm³/mol. The van der Waals surface area contributed by atoms with Crippen molar-refractivity contribution in [2.45, 2.75) is 44.1 Å². The summed E-state index contributed by atoms with van der Waals surface area (Å²) in [5.74, 6) is 0.549. The van der Waals surface area contributed by atoms with E-state index in [9.17, 15) is 8.42 Å². The molecule has 2 aromatic rings. The summed E-state index contributed by atoms with van der Waals surface area (Å²) >= 11 is 0.